The number of primary amides is 1. The Hall–Kier alpha value is -1.88. The fourth-order valence-corrected chi connectivity index (χ4v) is 1.71. The third-order valence-corrected chi connectivity index (χ3v) is 2.41. The van der Waals surface area contributed by atoms with Crippen molar-refractivity contribution < 1.29 is 9.90 Å². The molecule has 0 bridgehead atoms. The number of rotatable bonds is 4. The Morgan fingerprint density at radius 3 is 3.12 bits per heavy atom. The number of aromatic amines is 1. The number of H-pyrrole nitrogens is 1. The number of aromatic nitrogens is 2. The highest BCUT2D eigenvalue weighted by atomic mass is 16.2. The fraction of sp³-hybridized carbons (Fsp3) is 0.182. The lowest BCUT2D eigenvalue weighted by Gasteiger charge is -2.01. The van der Waals surface area contributed by atoms with Crippen LogP contribution in [0.5, 0.6) is 0 Å². The second-order valence-electron chi connectivity index (χ2n) is 3.44. The molecule has 2 heterocycles. The molecule has 0 aliphatic rings. The summed E-state index contributed by atoms with van der Waals surface area (Å²) in [5, 5.41) is 9.48. The second kappa shape index (κ2) is 4.32. The maximum Gasteiger partial charge on any atom is 0.249 e. The van der Waals surface area contributed by atoms with Crippen molar-refractivity contribution in [2.75, 3.05) is 6.61 Å². The van der Waals surface area contributed by atoms with Gasteiger partial charge in [0.1, 0.15) is 5.65 Å². The first-order valence-electron chi connectivity index (χ1n) is 4.91. The first-order valence-corrected chi connectivity index (χ1v) is 4.91. The maximum absolute atomic E-state index is 11.3. The van der Waals surface area contributed by atoms with Crippen molar-refractivity contribution in [3.05, 3.63) is 36.0 Å². The van der Waals surface area contributed by atoms with Gasteiger partial charge in [-0.05, 0) is 24.5 Å². The standard InChI is InChI=1S/C11H12N3O2/c12-10(16)8-3-4-13-11-9(8)7(6-14-11)2-1-5-15/h1,3-4,6,15H,2,5H2,(H2,12,16)(H,13,14). The van der Waals surface area contributed by atoms with Gasteiger partial charge in [0.15, 0.2) is 0 Å². The van der Waals surface area contributed by atoms with Gasteiger partial charge in [-0.15, -0.1) is 0 Å². The number of hydrogen-bond donors (Lipinski definition) is 3. The van der Waals surface area contributed by atoms with Crippen molar-refractivity contribution in [1.29, 1.82) is 0 Å². The molecule has 0 aliphatic heterocycles. The van der Waals surface area contributed by atoms with Crippen molar-refractivity contribution in [2.45, 2.75) is 6.42 Å². The van der Waals surface area contributed by atoms with Crippen molar-refractivity contribution in [2.24, 2.45) is 5.73 Å². The molecule has 0 fully saturated rings. The van der Waals surface area contributed by atoms with Crippen LogP contribution in [0.2, 0.25) is 0 Å². The molecular formula is C11H12N3O2. The minimum absolute atomic E-state index is 0.00115. The Labute approximate surface area is 92.3 Å². The van der Waals surface area contributed by atoms with E-state index in [1.165, 1.54) is 0 Å². The van der Waals surface area contributed by atoms with Crippen LogP contribution in [0.4, 0.5) is 0 Å². The Bertz CT molecular complexity index is 519. The molecule has 0 atom stereocenters. The molecule has 2 aromatic rings. The molecule has 0 saturated carbocycles. The van der Waals surface area contributed by atoms with Crippen molar-refractivity contribution in [3.8, 4) is 0 Å². The van der Waals surface area contributed by atoms with E-state index < -0.39 is 5.91 Å². The summed E-state index contributed by atoms with van der Waals surface area (Å²) in [6.07, 6.45) is 5.59. The molecule has 5 nitrogen and oxygen atoms in total. The molecule has 0 unspecified atom stereocenters. The second-order valence-corrected chi connectivity index (χ2v) is 3.44. The summed E-state index contributed by atoms with van der Waals surface area (Å²) in [5.41, 5.74) is 7.29. The molecule has 83 valence electrons. The minimum atomic E-state index is -0.475. The average molecular weight is 218 g/mol. The molecule has 1 amide bonds. The number of aliphatic hydroxyl groups is 1. The van der Waals surface area contributed by atoms with Crippen LogP contribution >= 0.6 is 0 Å². The predicted octanol–water partition coefficient (Wildman–Crippen LogP) is 0.401. The predicted molar refractivity (Wildman–Crippen MR) is 59.7 cm³/mol. The van der Waals surface area contributed by atoms with E-state index in [4.69, 9.17) is 10.8 Å². The summed E-state index contributed by atoms with van der Waals surface area (Å²) in [6.45, 7) is -0.00115. The van der Waals surface area contributed by atoms with E-state index in [0.717, 1.165) is 10.9 Å². The molecule has 2 aromatic heterocycles. The molecule has 16 heavy (non-hydrogen) atoms. The van der Waals surface area contributed by atoms with Crippen LogP contribution in [-0.4, -0.2) is 27.6 Å². The number of pyridine rings is 1. The summed E-state index contributed by atoms with van der Waals surface area (Å²) >= 11 is 0. The van der Waals surface area contributed by atoms with Crippen molar-refractivity contribution in [3.63, 3.8) is 0 Å². The van der Waals surface area contributed by atoms with Gasteiger partial charge in [-0.1, -0.05) is 0 Å². The van der Waals surface area contributed by atoms with E-state index in [9.17, 15) is 4.79 Å². The summed E-state index contributed by atoms with van der Waals surface area (Å²) in [6, 6.07) is 1.60. The lowest BCUT2D eigenvalue weighted by molar-refractivity contribution is 0.100. The van der Waals surface area contributed by atoms with Gasteiger partial charge in [-0.2, -0.15) is 0 Å². The van der Waals surface area contributed by atoms with E-state index in [-0.39, 0.29) is 6.61 Å². The summed E-state index contributed by atoms with van der Waals surface area (Å²) in [7, 11) is 0. The minimum Gasteiger partial charge on any atom is -0.396 e. The quantitative estimate of drug-likeness (QED) is 0.693. The lowest BCUT2D eigenvalue weighted by atomic mass is 10.1. The van der Waals surface area contributed by atoms with Crippen LogP contribution in [0.3, 0.4) is 0 Å². The van der Waals surface area contributed by atoms with Crippen LogP contribution in [0, 0.1) is 6.42 Å². The topological polar surface area (TPSA) is 92.0 Å². The fourth-order valence-electron chi connectivity index (χ4n) is 1.71. The number of fused-ring (bicyclic) bond motifs is 1. The Morgan fingerprint density at radius 1 is 1.62 bits per heavy atom. The summed E-state index contributed by atoms with van der Waals surface area (Å²) < 4.78 is 0. The van der Waals surface area contributed by atoms with E-state index in [0.29, 0.717) is 17.6 Å². The van der Waals surface area contributed by atoms with Crippen molar-refractivity contribution in [1.82, 2.24) is 9.97 Å². The normalized spacial score (nSPS) is 10.8. The summed E-state index contributed by atoms with van der Waals surface area (Å²) in [4.78, 5) is 18.3. The molecular weight excluding hydrogens is 206 g/mol. The van der Waals surface area contributed by atoms with E-state index in [1.807, 2.05) is 0 Å². The highest BCUT2D eigenvalue weighted by Crippen LogP contribution is 2.21. The zero-order valence-corrected chi connectivity index (χ0v) is 8.60. The van der Waals surface area contributed by atoms with E-state index in [2.05, 4.69) is 9.97 Å². The number of amides is 1. The third-order valence-electron chi connectivity index (χ3n) is 2.41. The first-order chi connectivity index (χ1) is 7.74. The number of aliphatic hydroxyl groups excluding tert-OH is 1. The first kappa shape index (κ1) is 10.6. The number of carbonyl (C=O) groups is 1. The van der Waals surface area contributed by atoms with Crippen LogP contribution in [0.15, 0.2) is 18.5 Å². The van der Waals surface area contributed by atoms with Crippen LogP contribution in [-0.2, 0) is 6.42 Å². The highest BCUT2D eigenvalue weighted by Gasteiger charge is 2.12. The molecule has 1 radical (unpaired) electrons. The van der Waals surface area contributed by atoms with Gasteiger partial charge in [0.05, 0.1) is 5.56 Å². The van der Waals surface area contributed by atoms with Gasteiger partial charge in [-0.3, -0.25) is 4.79 Å². The molecule has 0 aromatic carbocycles. The lowest BCUT2D eigenvalue weighted by Crippen LogP contribution is -2.11. The van der Waals surface area contributed by atoms with Gasteiger partial charge < -0.3 is 15.8 Å². The van der Waals surface area contributed by atoms with Gasteiger partial charge >= 0.3 is 0 Å². The number of hydrogen-bond acceptors (Lipinski definition) is 3. The zero-order chi connectivity index (χ0) is 11.5. The van der Waals surface area contributed by atoms with Crippen LogP contribution < -0.4 is 5.73 Å². The van der Waals surface area contributed by atoms with Crippen LogP contribution in [0.25, 0.3) is 11.0 Å². The monoisotopic (exact) mass is 218 g/mol. The molecule has 2 rings (SSSR count). The average Bonchev–Trinajstić information content (AvgIpc) is 2.69. The molecule has 0 aliphatic carbocycles. The Balaban J connectivity index is 2.54. The molecule has 4 N–H and O–H groups in total. The zero-order valence-electron chi connectivity index (χ0n) is 8.60. The number of nitrogens with one attached hydrogen (secondary N) is 1. The Morgan fingerprint density at radius 2 is 2.44 bits per heavy atom. The SMILES string of the molecule is NC(=O)c1ccnc2[nH]cc(C[CH]CO)c12. The smallest absolute Gasteiger partial charge is 0.249 e. The van der Waals surface area contributed by atoms with Gasteiger partial charge in [0.2, 0.25) is 5.91 Å². The van der Waals surface area contributed by atoms with Gasteiger partial charge in [-0.25, -0.2) is 4.98 Å². The Kier molecular flexibility index (Phi) is 2.87. The highest BCUT2D eigenvalue weighted by molar-refractivity contribution is 6.05. The molecule has 0 saturated heterocycles. The molecule has 0 spiro atoms. The molecule has 5 heteroatoms. The van der Waals surface area contributed by atoms with E-state index in [1.54, 1.807) is 24.9 Å². The largest absolute Gasteiger partial charge is 0.396 e. The van der Waals surface area contributed by atoms with E-state index >= 15 is 0 Å². The van der Waals surface area contributed by atoms with Crippen molar-refractivity contribution >= 4 is 16.9 Å². The van der Waals surface area contributed by atoms with Gasteiger partial charge in [0.25, 0.3) is 0 Å². The number of nitrogens with two attached hydrogens (primary N) is 1. The third kappa shape index (κ3) is 1.77. The maximum atomic E-state index is 11.3. The summed E-state index contributed by atoms with van der Waals surface area (Å²) in [5.74, 6) is -0.475. The van der Waals surface area contributed by atoms with Gasteiger partial charge in [0, 0.05) is 24.4 Å². The van der Waals surface area contributed by atoms with Crippen LogP contribution in [0.1, 0.15) is 15.9 Å². The number of carbonyl (C=O) groups excluding carboxylic acids is 1. The number of nitrogens with zero attached hydrogens (tertiary/aromatic N) is 1.